The van der Waals surface area contributed by atoms with Gasteiger partial charge in [-0.25, -0.2) is 0 Å². The molecule has 2 aromatic carbocycles. The first-order valence-electron chi connectivity index (χ1n) is 6.35. The average molecular weight is 346 g/mol. The standard InChI is InChI=1S/C16H15Cl3O2/c1-20-11-4-6-16(21-2)12(9-11)14(18)7-10-3-5-13(17)15(19)8-10/h3-6,8-9,14H,7H2,1-2H3. The number of benzene rings is 2. The number of alkyl halides is 1. The Bertz CT molecular complexity index is 629. The highest BCUT2D eigenvalue weighted by molar-refractivity contribution is 6.42. The Morgan fingerprint density at radius 2 is 1.71 bits per heavy atom. The van der Waals surface area contributed by atoms with Crippen molar-refractivity contribution in [2.24, 2.45) is 0 Å². The minimum absolute atomic E-state index is 0.257. The maximum absolute atomic E-state index is 6.53. The third-order valence-corrected chi connectivity index (χ3v) is 4.30. The first-order valence-corrected chi connectivity index (χ1v) is 7.54. The van der Waals surface area contributed by atoms with Crippen molar-refractivity contribution in [3.63, 3.8) is 0 Å². The van der Waals surface area contributed by atoms with Crippen LogP contribution in [0.4, 0.5) is 0 Å². The molecule has 0 heterocycles. The summed E-state index contributed by atoms with van der Waals surface area (Å²) in [5, 5.41) is 0.799. The lowest BCUT2D eigenvalue weighted by Gasteiger charge is -2.15. The number of halogens is 3. The highest BCUT2D eigenvalue weighted by Crippen LogP contribution is 2.35. The Balaban J connectivity index is 2.26. The van der Waals surface area contributed by atoms with Crippen LogP contribution < -0.4 is 9.47 Å². The van der Waals surface area contributed by atoms with Gasteiger partial charge in [-0.2, -0.15) is 0 Å². The highest BCUT2D eigenvalue weighted by atomic mass is 35.5. The van der Waals surface area contributed by atoms with Crippen molar-refractivity contribution >= 4 is 34.8 Å². The van der Waals surface area contributed by atoms with Gasteiger partial charge in [0.2, 0.25) is 0 Å². The van der Waals surface area contributed by atoms with Crippen molar-refractivity contribution in [2.45, 2.75) is 11.8 Å². The Labute approximate surface area is 139 Å². The molecule has 0 aromatic heterocycles. The Kier molecular flexibility index (Phi) is 5.63. The molecule has 2 rings (SSSR count). The first-order chi connectivity index (χ1) is 10.0. The van der Waals surface area contributed by atoms with Gasteiger partial charge in [-0.3, -0.25) is 0 Å². The van der Waals surface area contributed by atoms with Gasteiger partial charge in [0, 0.05) is 5.56 Å². The molecule has 2 nitrogen and oxygen atoms in total. The molecule has 0 aliphatic heterocycles. The second-order valence-corrected chi connectivity index (χ2v) is 5.87. The monoisotopic (exact) mass is 344 g/mol. The molecule has 1 atom stereocenters. The van der Waals surface area contributed by atoms with Gasteiger partial charge in [0.05, 0.1) is 29.6 Å². The van der Waals surface area contributed by atoms with Crippen molar-refractivity contribution in [3.05, 3.63) is 57.6 Å². The van der Waals surface area contributed by atoms with E-state index in [0.29, 0.717) is 16.5 Å². The molecule has 0 aliphatic carbocycles. The van der Waals surface area contributed by atoms with E-state index in [4.69, 9.17) is 44.3 Å². The van der Waals surface area contributed by atoms with Crippen LogP contribution >= 0.6 is 34.8 Å². The van der Waals surface area contributed by atoms with Crippen LogP contribution in [-0.4, -0.2) is 14.2 Å². The molecule has 0 spiro atoms. The fourth-order valence-electron chi connectivity index (χ4n) is 2.07. The van der Waals surface area contributed by atoms with Crippen LogP contribution in [0.3, 0.4) is 0 Å². The second kappa shape index (κ2) is 7.26. The molecular formula is C16H15Cl3O2. The summed E-state index contributed by atoms with van der Waals surface area (Å²) in [7, 11) is 3.24. The smallest absolute Gasteiger partial charge is 0.123 e. The van der Waals surface area contributed by atoms with Crippen LogP contribution in [0.5, 0.6) is 11.5 Å². The van der Waals surface area contributed by atoms with Crippen molar-refractivity contribution in [1.82, 2.24) is 0 Å². The molecule has 2 aromatic rings. The fourth-order valence-corrected chi connectivity index (χ4v) is 2.74. The normalized spacial score (nSPS) is 12.0. The molecule has 1 unspecified atom stereocenters. The van der Waals surface area contributed by atoms with E-state index in [-0.39, 0.29) is 5.38 Å². The number of rotatable bonds is 5. The zero-order chi connectivity index (χ0) is 15.4. The van der Waals surface area contributed by atoms with E-state index in [1.807, 2.05) is 30.3 Å². The molecule has 0 saturated carbocycles. The lowest BCUT2D eigenvalue weighted by atomic mass is 10.0. The van der Waals surface area contributed by atoms with Gasteiger partial charge in [-0.05, 0) is 42.3 Å². The van der Waals surface area contributed by atoms with E-state index in [2.05, 4.69) is 0 Å². The summed E-state index contributed by atoms with van der Waals surface area (Å²) in [5.74, 6) is 1.47. The van der Waals surface area contributed by atoms with E-state index in [0.717, 1.165) is 22.6 Å². The van der Waals surface area contributed by atoms with Crippen molar-refractivity contribution < 1.29 is 9.47 Å². The van der Waals surface area contributed by atoms with Gasteiger partial charge in [0.15, 0.2) is 0 Å². The van der Waals surface area contributed by atoms with Gasteiger partial charge in [-0.1, -0.05) is 29.3 Å². The minimum atomic E-state index is -0.257. The van der Waals surface area contributed by atoms with Gasteiger partial charge in [0.25, 0.3) is 0 Å². The largest absolute Gasteiger partial charge is 0.497 e. The van der Waals surface area contributed by atoms with Gasteiger partial charge in [0.1, 0.15) is 11.5 Å². The summed E-state index contributed by atoms with van der Waals surface area (Å²) in [6.07, 6.45) is 0.613. The molecule has 0 amide bonds. The van der Waals surface area contributed by atoms with Crippen LogP contribution in [0, 0.1) is 0 Å². The number of hydrogen-bond acceptors (Lipinski definition) is 2. The molecule has 0 fully saturated rings. The maximum atomic E-state index is 6.53. The minimum Gasteiger partial charge on any atom is -0.497 e. The molecule has 0 aliphatic rings. The van der Waals surface area contributed by atoms with E-state index >= 15 is 0 Å². The SMILES string of the molecule is COc1ccc(OC)c(C(Cl)Cc2ccc(Cl)c(Cl)c2)c1. The predicted molar refractivity (Wildman–Crippen MR) is 88.3 cm³/mol. The lowest BCUT2D eigenvalue weighted by Crippen LogP contribution is -2.00. The van der Waals surface area contributed by atoms with E-state index < -0.39 is 0 Å². The van der Waals surface area contributed by atoms with Gasteiger partial charge >= 0.3 is 0 Å². The van der Waals surface area contributed by atoms with Crippen LogP contribution in [0.2, 0.25) is 10.0 Å². The van der Waals surface area contributed by atoms with Crippen LogP contribution in [-0.2, 0) is 6.42 Å². The molecular weight excluding hydrogens is 331 g/mol. The van der Waals surface area contributed by atoms with E-state index in [1.54, 1.807) is 20.3 Å². The molecule has 0 bridgehead atoms. The predicted octanol–water partition coefficient (Wildman–Crippen LogP) is 5.53. The molecule has 0 radical (unpaired) electrons. The second-order valence-electron chi connectivity index (χ2n) is 4.53. The molecule has 0 saturated heterocycles. The van der Waals surface area contributed by atoms with Gasteiger partial charge < -0.3 is 9.47 Å². The van der Waals surface area contributed by atoms with Crippen LogP contribution in [0.1, 0.15) is 16.5 Å². The average Bonchev–Trinajstić information content (AvgIpc) is 2.50. The third kappa shape index (κ3) is 3.97. The van der Waals surface area contributed by atoms with Gasteiger partial charge in [-0.15, -0.1) is 11.6 Å². The third-order valence-electron chi connectivity index (χ3n) is 3.17. The summed E-state index contributed by atoms with van der Waals surface area (Å²) < 4.78 is 10.6. The Hall–Kier alpha value is -1.09. The highest BCUT2D eigenvalue weighted by Gasteiger charge is 2.16. The maximum Gasteiger partial charge on any atom is 0.123 e. The molecule has 21 heavy (non-hydrogen) atoms. The number of ether oxygens (including phenoxy) is 2. The zero-order valence-electron chi connectivity index (χ0n) is 11.7. The van der Waals surface area contributed by atoms with Crippen molar-refractivity contribution in [2.75, 3.05) is 14.2 Å². The van der Waals surface area contributed by atoms with Crippen molar-refractivity contribution in [3.8, 4) is 11.5 Å². The fraction of sp³-hybridized carbons (Fsp3) is 0.250. The molecule has 112 valence electrons. The Morgan fingerprint density at radius 3 is 2.33 bits per heavy atom. The summed E-state index contributed by atoms with van der Waals surface area (Å²) in [4.78, 5) is 0. The first kappa shape index (κ1) is 16.3. The number of hydrogen-bond donors (Lipinski definition) is 0. The van der Waals surface area contributed by atoms with E-state index in [1.165, 1.54) is 0 Å². The van der Waals surface area contributed by atoms with Crippen LogP contribution in [0.15, 0.2) is 36.4 Å². The van der Waals surface area contributed by atoms with E-state index in [9.17, 15) is 0 Å². The topological polar surface area (TPSA) is 18.5 Å². The molecule has 5 heteroatoms. The molecule has 0 N–H and O–H groups in total. The van der Waals surface area contributed by atoms with Crippen LogP contribution in [0.25, 0.3) is 0 Å². The summed E-state index contributed by atoms with van der Waals surface area (Å²) in [6, 6.07) is 11.1. The number of methoxy groups -OCH3 is 2. The quantitative estimate of drug-likeness (QED) is 0.663. The zero-order valence-corrected chi connectivity index (χ0v) is 14.0. The summed E-state index contributed by atoms with van der Waals surface area (Å²) in [5.41, 5.74) is 1.89. The lowest BCUT2D eigenvalue weighted by molar-refractivity contribution is 0.398. The van der Waals surface area contributed by atoms with Crippen molar-refractivity contribution in [1.29, 1.82) is 0 Å². The summed E-state index contributed by atoms with van der Waals surface area (Å²) >= 11 is 18.5. The Morgan fingerprint density at radius 1 is 0.952 bits per heavy atom. The summed E-state index contributed by atoms with van der Waals surface area (Å²) in [6.45, 7) is 0.